The lowest BCUT2D eigenvalue weighted by Gasteiger charge is -2.32. The van der Waals surface area contributed by atoms with Crippen molar-refractivity contribution in [1.82, 2.24) is 9.78 Å². The Hall–Kier alpha value is -3.17. The molecule has 0 saturated carbocycles. The van der Waals surface area contributed by atoms with Crippen molar-refractivity contribution >= 4 is 5.82 Å². The van der Waals surface area contributed by atoms with E-state index in [1.807, 2.05) is 48.0 Å². The van der Waals surface area contributed by atoms with Gasteiger partial charge in [-0.25, -0.2) is 9.07 Å². The number of hydrogen-bond donors (Lipinski definition) is 1. The average molecular weight is 375 g/mol. The van der Waals surface area contributed by atoms with Gasteiger partial charge in [0.2, 0.25) is 0 Å². The average Bonchev–Trinajstić information content (AvgIpc) is 3.14. The first-order chi connectivity index (χ1) is 13.5. The molecule has 2 heterocycles. The SMILES string of the molecule is Cc1ccc(-n2nc(-c3ccc(C#N)c(F)c3)cc2N2CCCC(N)C2)cc1. The second-order valence-corrected chi connectivity index (χ2v) is 7.29. The van der Waals surface area contributed by atoms with Crippen molar-refractivity contribution in [2.45, 2.75) is 25.8 Å². The molecule has 1 aliphatic heterocycles. The number of aryl methyl sites for hydroxylation is 1. The fourth-order valence-electron chi connectivity index (χ4n) is 3.60. The predicted octanol–water partition coefficient (Wildman–Crippen LogP) is 3.79. The monoisotopic (exact) mass is 375 g/mol. The van der Waals surface area contributed by atoms with Crippen LogP contribution in [0.3, 0.4) is 0 Å². The van der Waals surface area contributed by atoms with Crippen LogP contribution in [0.2, 0.25) is 0 Å². The molecule has 142 valence electrons. The summed E-state index contributed by atoms with van der Waals surface area (Å²) < 4.78 is 16.0. The molecule has 1 saturated heterocycles. The summed E-state index contributed by atoms with van der Waals surface area (Å²) in [6.07, 6.45) is 2.05. The third-order valence-electron chi connectivity index (χ3n) is 5.14. The topological polar surface area (TPSA) is 70.9 Å². The van der Waals surface area contributed by atoms with Gasteiger partial charge in [0.25, 0.3) is 0 Å². The summed E-state index contributed by atoms with van der Waals surface area (Å²) in [5.74, 6) is 0.408. The van der Waals surface area contributed by atoms with Gasteiger partial charge in [-0.05, 0) is 44.0 Å². The third kappa shape index (κ3) is 3.49. The molecule has 0 aliphatic carbocycles. The Balaban J connectivity index is 1.80. The lowest BCUT2D eigenvalue weighted by molar-refractivity contribution is 0.500. The van der Waals surface area contributed by atoms with E-state index in [2.05, 4.69) is 4.90 Å². The van der Waals surface area contributed by atoms with Crippen LogP contribution in [-0.2, 0) is 0 Å². The minimum absolute atomic E-state index is 0.0314. The van der Waals surface area contributed by atoms with Gasteiger partial charge < -0.3 is 10.6 Å². The standard InChI is InChI=1S/C22H22FN5/c1-15-4-8-19(9-5-15)28-22(27-10-2-3-18(25)14-27)12-21(26-28)16-6-7-17(13-24)20(23)11-16/h4-9,11-12,18H,2-3,10,14,25H2,1H3. The highest BCUT2D eigenvalue weighted by molar-refractivity contribution is 5.66. The van der Waals surface area contributed by atoms with E-state index in [1.165, 1.54) is 17.7 Å². The van der Waals surface area contributed by atoms with Crippen LogP contribution in [0.1, 0.15) is 24.0 Å². The van der Waals surface area contributed by atoms with E-state index in [0.29, 0.717) is 11.3 Å². The van der Waals surface area contributed by atoms with E-state index in [0.717, 1.165) is 37.4 Å². The molecule has 1 aromatic heterocycles. The maximum atomic E-state index is 14.1. The molecular formula is C22H22FN5. The van der Waals surface area contributed by atoms with Crippen molar-refractivity contribution in [2.75, 3.05) is 18.0 Å². The molecule has 0 radical (unpaired) electrons. The van der Waals surface area contributed by atoms with E-state index in [-0.39, 0.29) is 11.6 Å². The molecule has 0 amide bonds. The molecule has 1 aliphatic rings. The first-order valence-electron chi connectivity index (χ1n) is 9.43. The minimum atomic E-state index is -0.536. The number of aromatic nitrogens is 2. The highest BCUT2D eigenvalue weighted by Crippen LogP contribution is 2.30. The van der Waals surface area contributed by atoms with Gasteiger partial charge in [-0.1, -0.05) is 23.8 Å². The van der Waals surface area contributed by atoms with Gasteiger partial charge in [0.1, 0.15) is 17.7 Å². The van der Waals surface area contributed by atoms with Gasteiger partial charge in [-0.15, -0.1) is 0 Å². The summed E-state index contributed by atoms with van der Waals surface area (Å²) in [6, 6.07) is 16.7. The maximum Gasteiger partial charge on any atom is 0.141 e. The van der Waals surface area contributed by atoms with Crippen molar-refractivity contribution in [3.63, 3.8) is 0 Å². The van der Waals surface area contributed by atoms with Gasteiger partial charge in [-0.3, -0.25) is 0 Å². The van der Waals surface area contributed by atoms with Gasteiger partial charge in [0.05, 0.1) is 16.9 Å². The van der Waals surface area contributed by atoms with Crippen LogP contribution in [0.5, 0.6) is 0 Å². The highest BCUT2D eigenvalue weighted by atomic mass is 19.1. The number of anilines is 1. The zero-order valence-corrected chi connectivity index (χ0v) is 15.8. The van der Waals surface area contributed by atoms with Crippen LogP contribution in [0.25, 0.3) is 16.9 Å². The molecule has 1 atom stereocenters. The molecule has 0 spiro atoms. The minimum Gasteiger partial charge on any atom is -0.355 e. The van der Waals surface area contributed by atoms with Crippen molar-refractivity contribution in [2.24, 2.45) is 5.73 Å². The summed E-state index contributed by atoms with van der Waals surface area (Å²) in [7, 11) is 0. The van der Waals surface area contributed by atoms with Gasteiger partial charge in [-0.2, -0.15) is 10.4 Å². The summed E-state index contributed by atoms with van der Waals surface area (Å²) in [6.45, 7) is 3.72. The van der Waals surface area contributed by atoms with Crippen LogP contribution in [-0.4, -0.2) is 28.9 Å². The lowest BCUT2D eigenvalue weighted by atomic mass is 10.1. The lowest BCUT2D eigenvalue weighted by Crippen LogP contribution is -2.43. The van der Waals surface area contributed by atoms with Crippen LogP contribution < -0.4 is 10.6 Å². The van der Waals surface area contributed by atoms with Gasteiger partial charge in [0, 0.05) is 30.8 Å². The Morgan fingerprint density at radius 2 is 1.96 bits per heavy atom. The number of nitrogens with zero attached hydrogens (tertiary/aromatic N) is 4. The van der Waals surface area contributed by atoms with Crippen LogP contribution in [0.15, 0.2) is 48.5 Å². The van der Waals surface area contributed by atoms with Crippen LogP contribution >= 0.6 is 0 Å². The number of rotatable bonds is 3. The molecule has 3 aromatic rings. The molecule has 0 bridgehead atoms. The molecule has 2 aromatic carbocycles. The third-order valence-corrected chi connectivity index (χ3v) is 5.14. The molecule has 1 fully saturated rings. The smallest absolute Gasteiger partial charge is 0.141 e. The summed E-state index contributed by atoms with van der Waals surface area (Å²) in [5.41, 5.74) is 9.65. The van der Waals surface area contributed by atoms with Gasteiger partial charge in [0.15, 0.2) is 0 Å². The van der Waals surface area contributed by atoms with Crippen molar-refractivity contribution in [3.8, 4) is 23.0 Å². The normalized spacial score (nSPS) is 16.8. The van der Waals surface area contributed by atoms with E-state index >= 15 is 0 Å². The number of hydrogen-bond acceptors (Lipinski definition) is 4. The Labute approximate surface area is 163 Å². The quantitative estimate of drug-likeness (QED) is 0.756. The summed E-state index contributed by atoms with van der Waals surface area (Å²) in [4.78, 5) is 2.24. The van der Waals surface area contributed by atoms with E-state index in [4.69, 9.17) is 16.1 Å². The molecule has 5 nitrogen and oxygen atoms in total. The second-order valence-electron chi connectivity index (χ2n) is 7.29. The Bertz CT molecular complexity index is 1030. The number of nitriles is 1. The zero-order valence-electron chi connectivity index (χ0n) is 15.8. The van der Waals surface area contributed by atoms with Crippen molar-refractivity contribution in [1.29, 1.82) is 5.26 Å². The van der Waals surface area contributed by atoms with Crippen molar-refractivity contribution < 1.29 is 4.39 Å². The van der Waals surface area contributed by atoms with Crippen molar-refractivity contribution in [3.05, 3.63) is 65.5 Å². The van der Waals surface area contributed by atoms with Gasteiger partial charge >= 0.3 is 0 Å². The summed E-state index contributed by atoms with van der Waals surface area (Å²) in [5, 5.41) is 13.7. The number of nitrogens with two attached hydrogens (primary N) is 1. The fourth-order valence-corrected chi connectivity index (χ4v) is 3.60. The van der Waals surface area contributed by atoms with Crippen LogP contribution in [0, 0.1) is 24.1 Å². The Morgan fingerprint density at radius 3 is 2.64 bits per heavy atom. The molecule has 6 heteroatoms. The van der Waals surface area contributed by atoms with E-state index in [1.54, 1.807) is 6.07 Å². The number of benzene rings is 2. The van der Waals surface area contributed by atoms with Crippen LogP contribution in [0.4, 0.5) is 10.2 Å². The predicted molar refractivity (Wildman–Crippen MR) is 108 cm³/mol. The fraction of sp³-hybridized carbons (Fsp3) is 0.273. The molecule has 1 unspecified atom stereocenters. The zero-order chi connectivity index (χ0) is 19.7. The number of halogens is 1. The number of piperidine rings is 1. The molecular weight excluding hydrogens is 353 g/mol. The molecule has 4 rings (SSSR count). The summed E-state index contributed by atoms with van der Waals surface area (Å²) >= 11 is 0. The molecule has 2 N–H and O–H groups in total. The first-order valence-corrected chi connectivity index (χ1v) is 9.43. The Kier molecular flexibility index (Phi) is 4.84. The largest absolute Gasteiger partial charge is 0.355 e. The Morgan fingerprint density at radius 1 is 1.18 bits per heavy atom. The van der Waals surface area contributed by atoms with E-state index in [9.17, 15) is 4.39 Å². The highest BCUT2D eigenvalue weighted by Gasteiger charge is 2.22. The van der Waals surface area contributed by atoms with E-state index < -0.39 is 5.82 Å². The second kappa shape index (κ2) is 7.45. The molecule has 28 heavy (non-hydrogen) atoms. The first kappa shape index (κ1) is 18.2. The maximum absolute atomic E-state index is 14.1.